The summed E-state index contributed by atoms with van der Waals surface area (Å²) in [7, 11) is 4.35. The highest BCUT2D eigenvalue weighted by Crippen LogP contribution is 2.16. The van der Waals surface area contributed by atoms with Gasteiger partial charge in [0.05, 0.1) is 5.69 Å². The fourth-order valence-electron chi connectivity index (χ4n) is 2.61. The summed E-state index contributed by atoms with van der Waals surface area (Å²) in [6.45, 7) is 4.44. The molecule has 1 unspecified atom stereocenters. The first-order chi connectivity index (χ1) is 8.67. The normalized spacial score (nSPS) is 20.6. The Hall–Kier alpha value is -1.17. The van der Waals surface area contributed by atoms with Gasteiger partial charge >= 0.3 is 0 Å². The van der Waals surface area contributed by atoms with Crippen molar-refractivity contribution in [3.05, 3.63) is 23.9 Å². The molecule has 0 aromatic carbocycles. The SMILES string of the molecule is CN1CCC(CN(C)Cc2cccc(NN)n2)C1. The molecule has 18 heavy (non-hydrogen) atoms. The van der Waals surface area contributed by atoms with Crippen LogP contribution >= 0.6 is 0 Å². The second kappa shape index (κ2) is 6.13. The number of nitrogen functional groups attached to an aromatic ring is 1. The van der Waals surface area contributed by atoms with Crippen molar-refractivity contribution < 1.29 is 0 Å². The molecule has 5 heteroatoms. The molecule has 1 aliphatic heterocycles. The second-order valence-corrected chi connectivity index (χ2v) is 5.27. The summed E-state index contributed by atoms with van der Waals surface area (Å²) in [5.41, 5.74) is 3.64. The van der Waals surface area contributed by atoms with Crippen LogP contribution in [0.5, 0.6) is 0 Å². The van der Waals surface area contributed by atoms with E-state index in [-0.39, 0.29) is 0 Å². The Morgan fingerprint density at radius 1 is 1.56 bits per heavy atom. The minimum Gasteiger partial charge on any atom is -0.308 e. The minimum absolute atomic E-state index is 0.724. The standard InChI is InChI=1S/C13H23N5/c1-17-7-6-11(8-17)9-18(2)10-12-4-3-5-13(15-12)16-14/h3-5,11H,6-10,14H2,1-2H3,(H,15,16). The van der Waals surface area contributed by atoms with E-state index in [9.17, 15) is 0 Å². The average molecular weight is 249 g/mol. The van der Waals surface area contributed by atoms with Crippen LogP contribution in [-0.2, 0) is 6.54 Å². The van der Waals surface area contributed by atoms with Gasteiger partial charge in [-0.3, -0.25) is 0 Å². The van der Waals surface area contributed by atoms with E-state index in [0.29, 0.717) is 0 Å². The number of nitrogens with two attached hydrogens (primary N) is 1. The topological polar surface area (TPSA) is 57.4 Å². The molecule has 1 fully saturated rings. The summed E-state index contributed by atoms with van der Waals surface area (Å²) >= 11 is 0. The minimum atomic E-state index is 0.724. The van der Waals surface area contributed by atoms with Crippen molar-refractivity contribution in [2.45, 2.75) is 13.0 Å². The first-order valence-electron chi connectivity index (χ1n) is 6.47. The highest BCUT2D eigenvalue weighted by molar-refractivity contribution is 5.33. The van der Waals surface area contributed by atoms with Gasteiger partial charge in [0.1, 0.15) is 5.82 Å². The zero-order valence-corrected chi connectivity index (χ0v) is 11.3. The number of pyridine rings is 1. The number of anilines is 1. The third kappa shape index (κ3) is 3.66. The van der Waals surface area contributed by atoms with Gasteiger partial charge in [-0.15, -0.1) is 0 Å². The number of nitrogens with one attached hydrogen (secondary N) is 1. The Bertz CT molecular complexity index is 381. The van der Waals surface area contributed by atoms with Crippen LogP contribution in [0.1, 0.15) is 12.1 Å². The molecule has 0 radical (unpaired) electrons. The fourth-order valence-corrected chi connectivity index (χ4v) is 2.61. The monoisotopic (exact) mass is 249 g/mol. The summed E-state index contributed by atoms with van der Waals surface area (Å²) in [5, 5.41) is 0. The van der Waals surface area contributed by atoms with Crippen LogP contribution in [0.15, 0.2) is 18.2 Å². The van der Waals surface area contributed by atoms with E-state index in [0.717, 1.165) is 30.5 Å². The zero-order valence-electron chi connectivity index (χ0n) is 11.3. The van der Waals surface area contributed by atoms with Crippen LogP contribution in [0, 0.1) is 5.92 Å². The molecule has 100 valence electrons. The van der Waals surface area contributed by atoms with Crippen LogP contribution in [-0.4, -0.2) is 48.5 Å². The van der Waals surface area contributed by atoms with Gasteiger partial charge in [0.15, 0.2) is 0 Å². The first-order valence-corrected chi connectivity index (χ1v) is 6.47. The molecule has 0 aliphatic carbocycles. The number of hydrogen-bond donors (Lipinski definition) is 2. The van der Waals surface area contributed by atoms with E-state index in [1.165, 1.54) is 19.5 Å². The maximum absolute atomic E-state index is 5.37. The molecule has 1 saturated heterocycles. The molecule has 0 saturated carbocycles. The Kier molecular flexibility index (Phi) is 4.52. The molecule has 0 bridgehead atoms. The van der Waals surface area contributed by atoms with Crippen molar-refractivity contribution in [3.63, 3.8) is 0 Å². The third-order valence-corrected chi connectivity index (χ3v) is 3.45. The van der Waals surface area contributed by atoms with Gasteiger partial charge in [0, 0.05) is 19.6 Å². The molecule has 0 spiro atoms. The smallest absolute Gasteiger partial charge is 0.140 e. The van der Waals surface area contributed by atoms with Crippen LogP contribution in [0.4, 0.5) is 5.82 Å². The Balaban J connectivity index is 1.84. The maximum Gasteiger partial charge on any atom is 0.140 e. The maximum atomic E-state index is 5.37. The van der Waals surface area contributed by atoms with Gasteiger partial charge in [0.25, 0.3) is 0 Å². The van der Waals surface area contributed by atoms with Crippen LogP contribution in [0.25, 0.3) is 0 Å². The summed E-state index contributed by atoms with van der Waals surface area (Å²) < 4.78 is 0. The molecule has 0 amide bonds. The van der Waals surface area contributed by atoms with Gasteiger partial charge in [0.2, 0.25) is 0 Å². The molecule has 1 aromatic heterocycles. The Morgan fingerprint density at radius 2 is 2.39 bits per heavy atom. The summed E-state index contributed by atoms with van der Waals surface area (Å²) in [4.78, 5) is 9.17. The molecule has 2 heterocycles. The quantitative estimate of drug-likeness (QED) is 0.596. The largest absolute Gasteiger partial charge is 0.308 e. The number of rotatable bonds is 5. The molecular weight excluding hydrogens is 226 g/mol. The molecule has 1 aliphatic rings. The van der Waals surface area contributed by atoms with Gasteiger partial charge in [-0.05, 0) is 45.1 Å². The number of aromatic nitrogens is 1. The Labute approximate surface area is 109 Å². The van der Waals surface area contributed by atoms with Gasteiger partial charge in [-0.1, -0.05) is 6.07 Å². The van der Waals surface area contributed by atoms with E-state index < -0.39 is 0 Å². The lowest BCUT2D eigenvalue weighted by atomic mass is 10.1. The molecule has 1 aromatic rings. The Morgan fingerprint density at radius 3 is 3.06 bits per heavy atom. The molecular formula is C13H23N5. The summed E-state index contributed by atoms with van der Waals surface area (Å²) in [5.74, 6) is 6.88. The molecule has 2 rings (SSSR count). The van der Waals surface area contributed by atoms with Gasteiger partial charge in [-0.25, -0.2) is 10.8 Å². The molecule has 5 nitrogen and oxygen atoms in total. The number of likely N-dealkylation sites (tertiary alicyclic amines) is 1. The fraction of sp³-hybridized carbons (Fsp3) is 0.615. The number of hydrazine groups is 1. The lowest BCUT2D eigenvalue weighted by molar-refractivity contribution is 0.265. The van der Waals surface area contributed by atoms with E-state index in [1.54, 1.807) is 0 Å². The van der Waals surface area contributed by atoms with Crippen molar-refractivity contribution in [2.75, 3.05) is 39.2 Å². The van der Waals surface area contributed by atoms with Gasteiger partial charge in [-0.2, -0.15) is 0 Å². The molecule has 1 atom stereocenters. The van der Waals surface area contributed by atoms with Crippen molar-refractivity contribution >= 4 is 5.82 Å². The zero-order chi connectivity index (χ0) is 13.0. The van der Waals surface area contributed by atoms with E-state index in [1.807, 2.05) is 18.2 Å². The summed E-state index contributed by atoms with van der Waals surface area (Å²) in [6.07, 6.45) is 1.30. The van der Waals surface area contributed by atoms with Crippen LogP contribution < -0.4 is 11.3 Å². The van der Waals surface area contributed by atoms with Gasteiger partial charge < -0.3 is 15.2 Å². The highest BCUT2D eigenvalue weighted by atomic mass is 15.3. The second-order valence-electron chi connectivity index (χ2n) is 5.27. The van der Waals surface area contributed by atoms with Crippen molar-refractivity contribution in [1.29, 1.82) is 0 Å². The number of nitrogens with zero attached hydrogens (tertiary/aromatic N) is 3. The highest BCUT2D eigenvalue weighted by Gasteiger charge is 2.20. The van der Waals surface area contributed by atoms with E-state index >= 15 is 0 Å². The van der Waals surface area contributed by atoms with Crippen LogP contribution in [0.3, 0.4) is 0 Å². The number of hydrogen-bond acceptors (Lipinski definition) is 5. The predicted molar refractivity (Wildman–Crippen MR) is 74.0 cm³/mol. The van der Waals surface area contributed by atoms with Crippen molar-refractivity contribution in [1.82, 2.24) is 14.8 Å². The summed E-state index contributed by atoms with van der Waals surface area (Å²) in [6, 6.07) is 5.89. The van der Waals surface area contributed by atoms with E-state index in [4.69, 9.17) is 5.84 Å². The van der Waals surface area contributed by atoms with Crippen molar-refractivity contribution in [3.8, 4) is 0 Å². The predicted octanol–water partition coefficient (Wildman–Crippen LogP) is 0.751. The third-order valence-electron chi connectivity index (χ3n) is 3.45. The molecule has 3 N–H and O–H groups in total. The van der Waals surface area contributed by atoms with Crippen molar-refractivity contribution in [2.24, 2.45) is 11.8 Å². The first kappa shape index (κ1) is 13.3. The lowest BCUT2D eigenvalue weighted by Gasteiger charge is -2.20. The van der Waals surface area contributed by atoms with Crippen LogP contribution in [0.2, 0.25) is 0 Å². The lowest BCUT2D eigenvalue weighted by Crippen LogP contribution is -2.27. The van der Waals surface area contributed by atoms with E-state index in [2.05, 4.69) is 34.3 Å². The average Bonchev–Trinajstić information content (AvgIpc) is 2.74.